The molecule has 0 spiro atoms. The summed E-state index contributed by atoms with van der Waals surface area (Å²) in [5.74, 6) is 2.13. The summed E-state index contributed by atoms with van der Waals surface area (Å²) in [6.07, 6.45) is 5.47. The second kappa shape index (κ2) is 8.50. The molecule has 10 heteroatoms. The summed E-state index contributed by atoms with van der Waals surface area (Å²) in [5, 5.41) is 20.4. The summed E-state index contributed by atoms with van der Waals surface area (Å²) in [6.45, 7) is 2.82. The molecule has 1 unspecified atom stereocenters. The van der Waals surface area contributed by atoms with E-state index in [0.717, 1.165) is 55.1 Å². The Hall–Kier alpha value is -3.84. The SMILES string of the molecule is N#Cc1cnn2c3cc(nc12)N1CCC(C1)OCCCCOc1cc(cc2c1NC(=O)CC2)N3. The Morgan fingerprint density at radius 1 is 1.15 bits per heavy atom. The summed E-state index contributed by atoms with van der Waals surface area (Å²) in [5.41, 5.74) is 3.52. The van der Waals surface area contributed by atoms with Gasteiger partial charge in [0.1, 0.15) is 29.0 Å². The van der Waals surface area contributed by atoms with Crippen LogP contribution in [0.4, 0.5) is 23.0 Å². The first kappa shape index (κ1) is 20.7. The second-order valence-corrected chi connectivity index (χ2v) is 8.87. The van der Waals surface area contributed by atoms with E-state index in [0.29, 0.717) is 48.8 Å². The van der Waals surface area contributed by atoms with Crippen molar-refractivity contribution in [3.05, 3.63) is 35.5 Å². The molecule has 3 aliphatic rings. The average molecular weight is 460 g/mol. The van der Waals surface area contributed by atoms with Gasteiger partial charge in [-0.1, -0.05) is 0 Å². The number of nitriles is 1. The summed E-state index contributed by atoms with van der Waals surface area (Å²) >= 11 is 0. The van der Waals surface area contributed by atoms with Crippen LogP contribution in [0.3, 0.4) is 0 Å². The van der Waals surface area contributed by atoms with Crippen molar-refractivity contribution in [2.45, 2.75) is 38.2 Å². The minimum Gasteiger partial charge on any atom is -0.491 e. The average Bonchev–Trinajstić information content (AvgIpc) is 3.48. The van der Waals surface area contributed by atoms with Gasteiger partial charge in [0.05, 0.1) is 24.6 Å². The summed E-state index contributed by atoms with van der Waals surface area (Å²) in [7, 11) is 0. The predicted octanol–water partition coefficient (Wildman–Crippen LogP) is 3.00. The molecule has 2 N–H and O–H groups in total. The van der Waals surface area contributed by atoms with Crippen LogP contribution in [0.25, 0.3) is 5.65 Å². The van der Waals surface area contributed by atoms with Crippen LogP contribution in [-0.4, -0.2) is 52.9 Å². The lowest BCUT2D eigenvalue weighted by Crippen LogP contribution is -2.24. The number of hydrogen-bond acceptors (Lipinski definition) is 8. The third-order valence-corrected chi connectivity index (χ3v) is 6.54. The van der Waals surface area contributed by atoms with Gasteiger partial charge in [-0.25, -0.2) is 4.98 Å². The van der Waals surface area contributed by atoms with Crippen LogP contribution in [0, 0.1) is 11.3 Å². The lowest BCUT2D eigenvalue weighted by Gasteiger charge is -2.23. The highest BCUT2D eigenvalue weighted by atomic mass is 16.5. The molecule has 6 rings (SSSR count). The molecule has 5 heterocycles. The first-order chi connectivity index (χ1) is 16.7. The molecule has 3 aromatic rings. The normalized spacial score (nSPS) is 20.1. The van der Waals surface area contributed by atoms with E-state index in [9.17, 15) is 10.1 Å². The van der Waals surface area contributed by atoms with Gasteiger partial charge in [0.25, 0.3) is 0 Å². The van der Waals surface area contributed by atoms with Crippen molar-refractivity contribution in [1.29, 1.82) is 5.26 Å². The molecule has 1 atom stereocenters. The number of amides is 1. The summed E-state index contributed by atoms with van der Waals surface area (Å²) in [4.78, 5) is 19.0. The number of rotatable bonds is 0. The maximum atomic E-state index is 12.0. The van der Waals surface area contributed by atoms with Gasteiger partial charge >= 0.3 is 0 Å². The summed E-state index contributed by atoms with van der Waals surface area (Å²) < 4.78 is 13.9. The molecule has 34 heavy (non-hydrogen) atoms. The van der Waals surface area contributed by atoms with Crippen molar-refractivity contribution in [3.63, 3.8) is 0 Å². The van der Waals surface area contributed by atoms with E-state index >= 15 is 0 Å². The predicted molar refractivity (Wildman–Crippen MR) is 126 cm³/mol. The molecule has 2 aromatic heterocycles. The monoisotopic (exact) mass is 459 g/mol. The van der Waals surface area contributed by atoms with E-state index in [-0.39, 0.29) is 12.0 Å². The van der Waals surface area contributed by atoms with E-state index in [1.54, 1.807) is 4.52 Å². The van der Waals surface area contributed by atoms with Crippen LogP contribution in [0.2, 0.25) is 0 Å². The van der Waals surface area contributed by atoms with Crippen molar-refractivity contribution in [3.8, 4) is 11.8 Å². The molecule has 1 aromatic carbocycles. The fourth-order valence-corrected chi connectivity index (χ4v) is 4.78. The number of aryl methyl sites for hydroxylation is 1. The minimum absolute atomic E-state index is 0.000756. The molecule has 10 nitrogen and oxygen atoms in total. The number of ether oxygens (including phenoxy) is 2. The molecule has 6 bridgehead atoms. The highest BCUT2D eigenvalue weighted by molar-refractivity contribution is 5.96. The van der Waals surface area contributed by atoms with Crippen molar-refractivity contribution in [2.24, 2.45) is 0 Å². The number of hydrogen-bond donors (Lipinski definition) is 2. The molecular formula is C24H25N7O3. The number of aromatic nitrogens is 3. The fourth-order valence-electron chi connectivity index (χ4n) is 4.78. The van der Waals surface area contributed by atoms with Crippen LogP contribution in [0.1, 0.15) is 36.8 Å². The maximum absolute atomic E-state index is 12.0. The maximum Gasteiger partial charge on any atom is 0.224 e. The standard InChI is InChI=1S/C24H25N7O3/c25-12-16-13-26-31-21-11-20(28-24(16)31)30-6-5-18(14-30)33-7-1-2-8-34-19-10-17(27-21)9-15-3-4-22(32)29-23(15)19/h9-11,13,18,27H,1-8,14H2,(H,29,32). The number of anilines is 4. The highest BCUT2D eigenvalue weighted by Crippen LogP contribution is 2.37. The molecule has 1 amide bonds. The third kappa shape index (κ3) is 3.78. The van der Waals surface area contributed by atoms with Crippen molar-refractivity contribution in [1.82, 2.24) is 14.6 Å². The van der Waals surface area contributed by atoms with Crippen LogP contribution in [-0.2, 0) is 16.0 Å². The zero-order valence-corrected chi connectivity index (χ0v) is 18.7. The number of benzene rings is 1. The second-order valence-electron chi connectivity index (χ2n) is 8.87. The van der Waals surface area contributed by atoms with Gasteiger partial charge in [-0.3, -0.25) is 4.79 Å². The summed E-state index contributed by atoms with van der Waals surface area (Å²) in [6, 6.07) is 8.08. The van der Waals surface area contributed by atoms with Gasteiger partial charge in [0.15, 0.2) is 5.65 Å². The quantitative estimate of drug-likeness (QED) is 0.527. The third-order valence-electron chi connectivity index (χ3n) is 6.54. The first-order valence-electron chi connectivity index (χ1n) is 11.7. The van der Waals surface area contributed by atoms with Crippen LogP contribution < -0.4 is 20.3 Å². The Bertz CT molecular complexity index is 1310. The van der Waals surface area contributed by atoms with Crippen molar-refractivity contribution in [2.75, 3.05) is 41.8 Å². The fraction of sp³-hybridized carbons (Fsp3) is 0.417. The zero-order chi connectivity index (χ0) is 23.1. The van der Waals surface area contributed by atoms with Crippen molar-refractivity contribution < 1.29 is 14.3 Å². The number of nitrogens with one attached hydrogen (secondary N) is 2. The first-order valence-corrected chi connectivity index (χ1v) is 11.7. The minimum atomic E-state index is -0.000756. The van der Waals surface area contributed by atoms with E-state index in [1.807, 2.05) is 18.2 Å². The Morgan fingerprint density at radius 2 is 2.06 bits per heavy atom. The molecule has 0 saturated carbocycles. The van der Waals surface area contributed by atoms with Gasteiger partial charge in [-0.15, -0.1) is 0 Å². The zero-order valence-electron chi connectivity index (χ0n) is 18.7. The van der Waals surface area contributed by atoms with Gasteiger partial charge in [0.2, 0.25) is 5.91 Å². The number of nitrogens with zero attached hydrogens (tertiary/aromatic N) is 5. The largest absolute Gasteiger partial charge is 0.491 e. The van der Waals surface area contributed by atoms with E-state index < -0.39 is 0 Å². The van der Waals surface area contributed by atoms with Crippen LogP contribution in [0.15, 0.2) is 24.4 Å². The van der Waals surface area contributed by atoms with Crippen LogP contribution in [0.5, 0.6) is 5.75 Å². The van der Waals surface area contributed by atoms with Crippen molar-refractivity contribution >= 4 is 34.6 Å². The molecule has 0 radical (unpaired) electrons. The molecule has 1 fully saturated rings. The van der Waals surface area contributed by atoms with Gasteiger partial charge in [-0.2, -0.15) is 14.9 Å². The topological polar surface area (TPSA) is 117 Å². The lowest BCUT2D eigenvalue weighted by atomic mass is 10.0. The number of carbonyl (C=O) groups excluding carboxylic acids is 1. The lowest BCUT2D eigenvalue weighted by molar-refractivity contribution is -0.116. The Morgan fingerprint density at radius 3 is 2.97 bits per heavy atom. The molecular weight excluding hydrogens is 434 g/mol. The van der Waals surface area contributed by atoms with E-state index in [4.69, 9.17) is 14.5 Å². The Labute approximate surface area is 196 Å². The number of carbonyl (C=O) groups is 1. The molecule has 1 saturated heterocycles. The van der Waals surface area contributed by atoms with E-state index in [1.165, 1.54) is 6.20 Å². The van der Waals surface area contributed by atoms with Gasteiger partial charge < -0.3 is 25.0 Å². The highest BCUT2D eigenvalue weighted by Gasteiger charge is 2.26. The molecule has 174 valence electrons. The Balaban J connectivity index is 1.46. The smallest absolute Gasteiger partial charge is 0.224 e. The Kier molecular flexibility index (Phi) is 5.19. The van der Waals surface area contributed by atoms with Gasteiger partial charge in [-0.05, 0) is 37.3 Å². The van der Waals surface area contributed by atoms with Gasteiger partial charge in [0, 0.05) is 43.9 Å². The molecule has 3 aliphatic heterocycles. The van der Waals surface area contributed by atoms with E-state index in [2.05, 4.69) is 26.7 Å². The molecule has 0 aliphatic carbocycles. The van der Waals surface area contributed by atoms with Crippen LogP contribution >= 0.6 is 0 Å². The number of fused-ring (bicyclic) bond motifs is 11.